The van der Waals surface area contributed by atoms with Crippen LogP contribution < -0.4 is 0 Å². The molecule has 2 heterocycles. The van der Waals surface area contributed by atoms with Gasteiger partial charge in [-0.3, -0.25) is 14.5 Å². The van der Waals surface area contributed by atoms with Crippen LogP contribution in [-0.2, 0) is 19.4 Å². The van der Waals surface area contributed by atoms with E-state index in [0.717, 1.165) is 0 Å². The van der Waals surface area contributed by atoms with Crippen molar-refractivity contribution in [2.24, 2.45) is 5.41 Å². The van der Waals surface area contributed by atoms with Crippen LogP contribution in [0.15, 0.2) is 0 Å². The molecule has 0 aliphatic carbocycles. The van der Waals surface area contributed by atoms with Gasteiger partial charge in [0.15, 0.2) is 9.84 Å². The predicted octanol–water partition coefficient (Wildman–Crippen LogP) is -0.571. The monoisotopic (exact) mass is 318 g/mol. The van der Waals surface area contributed by atoms with E-state index in [1.54, 1.807) is 14.0 Å². The molecule has 0 aromatic rings. The summed E-state index contributed by atoms with van der Waals surface area (Å²) in [7, 11) is -1.39. The predicted molar refractivity (Wildman–Crippen MR) is 76.6 cm³/mol. The highest BCUT2D eigenvalue weighted by molar-refractivity contribution is 7.91. The van der Waals surface area contributed by atoms with E-state index in [-0.39, 0.29) is 30.0 Å². The second kappa shape index (κ2) is 5.57. The highest BCUT2D eigenvalue weighted by Crippen LogP contribution is 2.30. The van der Waals surface area contributed by atoms with E-state index in [2.05, 4.69) is 0 Å². The molecular weight excluding hydrogens is 296 g/mol. The first-order valence-electron chi connectivity index (χ1n) is 7.05. The molecule has 120 valence electrons. The Morgan fingerprint density at radius 3 is 2.57 bits per heavy atom. The molecule has 7 nitrogen and oxygen atoms in total. The van der Waals surface area contributed by atoms with Crippen LogP contribution in [0.3, 0.4) is 0 Å². The zero-order chi connectivity index (χ0) is 15.8. The minimum atomic E-state index is -3.02. The topological polar surface area (TPSA) is 95.0 Å². The first kappa shape index (κ1) is 16.2. The molecule has 2 aliphatic rings. The summed E-state index contributed by atoms with van der Waals surface area (Å²) in [5, 5.41) is 9.18. The lowest BCUT2D eigenvalue weighted by molar-refractivity contribution is -0.147. The van der Waals surface area contributed by atoms with Crippen LogP contribution >= 0.6 is 0 Å². The van der Waals surface area contributed by atoms with Gasteiger partial charge in [-0.15, -0.1) is 0 Å². The van der Waals surface area contributed by atoms with Crippen LogP contribution in [-0.4, -0.2) is 79.4 Å². The first-order chi connectivity index (χ1) is 9.63. The van der Waals surface area contributed by atoms with Gasteiger partial charge in [0.05, 0.1) is 23.5 Å². The molecule has 2 saturated heterocycles. The fourth-order valence-corrected chi connectivity index (χ4v) is 4.73. The Balaban J connectivity index is 1.89. The molecule has 2 aliphatic heterocycles. The molecule has 1 amide bonds. The molecule has 0 spiro atoms. The third-order valence-corrected chi connectivity index (χ3v) is 6.33. The van der Waals surface area contributed by atoms with Crippen molar-refractivity contribution in [2.75, 3.05) is 38.2 Å². The molecule has 8 heteroatoms. The number of nitrogens with zero attached hydrogens (tertiary/aromatic N) is 2. The van der Waals surface area contributed by atoms with Gasteiger partial charge in [0.2, 0.25) is 5.91 Å². The normalized spacial score (nSPS) is 32.2. The second-order valence-electron chi connectivity index (χ2n) is 6.39. The van der Waals surface area contributed by atoms with Gasteiger partial charge in [-0.05, 0) is 26.3 Å². The number of sulfone groups is 1. The smallest absolute Gasteiger partial charge is 0.310 e. The molecule has 2 rings (SSSR count). The SMILES string of the molecule is CN(C(=O)CN1CCC(C)(C(=O)O)C1)C1CCS(=O)(=O)C1. The van der Waals surface area contributed by atoms with E-state index in [1.165, 1.54) is 4.90 Å². The zero-order valence-electron chi connectivity index (χ0n) is 12.4. The van der Waals surface area contributed by atoms with Crippen molar-refractivity contribution in [1.82, 2.24) is 9.80 Å². The zero-order valence-corrected chi connectivity index (χ0v) is 13.2. The lowest BCUT2D eigenvalue weighted by Gasteiger charge is -2.26. The second-order valence-corrected chi connectivity index (χ2v) is 8.62. The van der Waals surface area contributed by atoms with Crippen LogP contribution in [0.1, 0.15) is 19.8 Å². The fraction of sp³-hybridized carbons (Fsp3) is 0.846. The minimum Gasteiger partial charge on any atom is -0.481 e. The summed E-state index contributed by atoms with van der Waals surface area (Å²) in [5.41, 5.74) is -0.796. The third kappa shape index (κ3) is 3.55. The van der Waals surface area contributed by atoms with Crippen LogP contribution in [0.2, 0.25) is 0 Å². The number of rotatable bonds is 4. The van der Waals surface area contributed by atoms with E-state index < -0.39 is 21.2 Å². The maximum Gasteiger partial charge on any atom is 0.310 e. The van der Waals surface area contributed by atoms with Crippen molar-refractivity contribution in [1.29, 1.82) is 0 Å². The van der Waals surface area contributed by atoms with Gasteiger partial charge in [0.1, 0.15) is 0 Å². The van der Waals surface area contributed by atoms with Crippen LogP contribution in [0.25, 0.3) is 0 Å². The molecule has 0 aromatic heterocycles. The quantitative estimate of drug-likeness (QED) is 0.746. The summed E-state index contributed by atoms with van der Waals surface area (Å²) in [6, 6.07) is -0.254. The minimum absolute atomic E-state index is 0.0298. The van der Waals surface area contributed by atoms with E-state index in [0.29, 0.717) is 25.9 Å². The summed E-state index contributed by atoms with van der Waals surface area (Å²) in [4.78, 5) is 26.7. The standard InChI is InChI=1S/C13H22N2O5S/c1-13(12(17)18)4-5-15(9-13)7-11(16)14(2)10-3-6-21(19,20)8-10/h10H,3-9H2,1-2H3,(H,17,18). The van der Waals surface area contributed by atoms with Gasteiger partial charge < -0.3 is 10.0 Å². The number of likely N-dealkylation sites (tertiary alicyclic amines) is 1. The number of carbonyl (C=O) groups excluding carboxylic acids is 1. The Bertz CT molecular complexity index is 547. The van der Waals surface area contributed by atoms with Crippen molar-refractivity contribution in [3.8, 4) is 0 Å². The van der Waals surface area contributed by atoms with Crippen molar-refractivity contribution in [2.45, 2.75) is 25.8 Å². The van der Waals surface area contributed by atoms with Crippen molar-refractivity contribution in [3.05, 3.63) is 0 Å². The maximum atomic E-state index is 12.2. The number of hydrogen-bond acceptors (Lipinski definition) is 5. The number of carboxylic acid groups (broad SMARTS) is 1. The lowest BCUT2D eigenvalue weighted by atomic mass is 9.90. The highest BCUT2D eigenvalue weighted by atomic mass is 32.2. The Morgan fingerprint density at radius 2 is 2.10 bits per heavy atom. The van der Waals surface area contributed by atoms with Gasteiger partial charge in [0.25, 0.3) is 0 Å². The van der Waals surface area contributed by atoms with Crippen LogP contribution in [0.4, 0.5) is 0 Å². The Morgan fingerprint density at radius 1 is 1.43 bits per heavy atom. The molecule has 0 aromatic carbocycles. The Labute approximate surface area is 124 Å². The molecule has 0 bridgehead atoms. The van der Waals surface area contributed by atoms with Crippen molar-refractivity contribution < 1.29 is 23.1 Å². The number of hydrogen-bond donors (Lipinski definition) is 1. The van der Waals surface area contributed by atoms with Crippen molar-refractivity contribution >= 4 is 21.7 Å². The molecule has 2 unspecified atom stereocenters. The number of aliphatic carboxylic acids is 1. The molecule has 1 N–H and O–H groups in total. The number of carboxylic acids is 1. The van der Waals surface area contributed by atoms with E-state index in [1.807, 2.05) is 4.90 Å². The number of likely N-dealkylation sites (N-methyl/N-ethyl adjacent to an activating group) is 1. The van der Waals surface area contributed by atoms with E-state index in [9.17, 15) is 23.1 Å². The van der Waals surface area contributed by atoms with E-state index >= 15 is 0 Å². The fourth-order valence-electron chi connectivity index (χ4n) is 2.95. The summed E-state index contributed by atoms with van der Waals surface area (Å²) >= 11 is 0. The maximum absolute atomic E-state index is 12.2. The average molecular weight is 318 g/mol. The van der Waals surface area contributed by atoms with Crippen molar-refractivity contribution in [3.63, 3.8) is 0 Å². The molecule has 0 saturated carbocycles. The first-order valence-corrected chi connectivity index (χ1v) is 8.87. The lowest BCUT2D eigenvalue weighted by Crippen LogP contribution is -2.44. The number of carbonyl (C=O) groups is 2. The van der Waals surface area contributed by atoms with Crippen LogP contribution in [0.5, 0.6) is 0 Å². The third-order valence-electron chi connectivity index (χ3n) is 4.58. The van der Waals surface area contributed by atoms with Crippen LogP contribution in [0, 0.1) is 5.41 Å². The molecule has 2 fully saturated rings. The summed E-state index contributed by atoms with van der Waals surface area (Å²) in [5.74, 6) is -0.822. The Hall–Kier alpha value is -1.15. The van der Waals surface area contributed by atoms with Gasteiger partial charge >= 0.3 is 5.97 Å². The summed E-state index contributed by atoms with van der Waals surface area (Å²) in [6.07, 6.45) is 1.01. The largest absolute Gasteiger partial charge is 0.481 e. The molecule has 0 radical (unpaired) electrons. The average Bonchev–Trinajstić information content (AvgIpc) is 2.93. The Kier molecular flexibility index (Phi) is 4.30. The van der Waals surface area contributed by atoms with E-state index in [4.69, 9.17) is 0 Å². The number of amides is 1. The van der Waals surface area contributed by atoms with Gasteiger partial charge in [0, 0.05) is 19.6 Å². The molecule has 21 heavy (non-hydrogen) atoms. The van der Waals surface area contributed by atoms with Gasteiger partial charge in [-0.1, -0.05) is 0 Å². The highest BCUT2D eigenvalue weighted by Gasteiger charge is 2.41. The van der Waals surface area contributed by atoms with Gasteiger partial charge in [-0.2, -0.15) is 0 Å². The summed E-state index contributed by atoms with van der Waals surface area (Å²) in [6.45, 7) is 2.76. The van der Waals surface area contributed by atoms with Gasteiger partial charge in [-0.25, -0.2) is 8.42 Å². The summed E-state index contributed by atoms with van der Waals surface area (Å²) < 4.78 is 22.9. The molecule has 2 atom stereocenters. The molecular formula is C13H22N2O5S.